The fourth-order valence-electron chi connectivity index (χ4n) is 5.17. The molecule has 152 valence electrons. The molecule has 1 aliphatic carbocycles. The Morgan fingerprint density at radius 2 is 1.93 bits per heavy atom. The third-order valence-electron chi connectivity index (χ3n) is 6.53. The average Bonchev–Trinajstić information content (AvgIpc) is 3.06. The predicted molar refractivity (Wildman–Crippen MR) is 116 cm³/mol. The summed E-state index contributed by atoms with van der Waals surface area (Å²) in [6.45, 7) is 5.92. The molecule has 1 spiro atoms. The number of hydrogen-bond donors (Lipinski definition) is 1. The number of aromatic nitrogens is 3. The Kier molecular flexibility index (Phi) is 3.48. The molecular formula is C23H23N5O2. The molecule has 2 N–H and O–H groups in total. The van der Waals surface area contributed by atoms with Crippen LogP contribution >= 0.6 is 0 Å². The lowest BCUT2D eigenvalue weighted by atomic mass is 9.61. The number of benzene rings is 1. The maximum absolute atomic E-state index is 12.8. The van der Waals surface area contributed by atoms with E-state index in [4.69, 9.17) is 10.2 Å². The van der Waals surface area contributed by atoms with Gasteiger partial charge in [-0.3, -0.25) is 4.98 Å². The van der Waals surface area contributed by atoms with Gasteiger partial charge >= 0.3 is 5.63 Å². The molecule has 7 heteroatoms. The molecule has 2 fully saturated rings. The highest BCUT2D eigenvalue weighted by molar-refractivity contribution is 5.84. The zero-order valence-electron chi connectivity index (χ0n) is 17.1. The van der Waals surface area contributed by atoms with Crippen LogP contribution in [-0.4, -0.2) is 33.5 Å². The molecule has 4 aromatic rings. The first kappa shape index (κ1) is 17.7. The summed E-state index contributed by atoms with van der Waals surface area (Å²) in [5.41, 5.74) is 11.2. The van der Waals surface area contributed by atoms with Crippen molar-refractivity contribution in [1.82, 2.24) is 14.4 Å². The van der Waals surface area contributed by atoms with E-state index in [1.165, 1.54) is 0 Å². The van der Waals surface area contributed by atoms with E-state index in [1.807, 2.05) is 48.8 Å². The van der Waals surface area contributed by atoms with Crippen molar-refractivity contribution >= 4 is 22.3 Å². The number of rotatable bonds is 2. The van der Waals surface area contributed by atoms with Crippen molar-refractivity contribution in [3.05, 3.63) is 58.5 Å². The number of nitrogens with zero attached hydrogens (tertiary/aromatic N) is 4. The molecule has 1 aliphatic heterocycles. The van der Waals surface area contributed by atoms with Gasteiger partial charge < -0.3 is 19.5 Å². The van der Waals surface area contributed by atoms with E-state index in [1.54, 1.807) is 0 Å². The fraction of sp³-hybridized carbons (Fsp3) is 0.348. The largest absolute Gasteiger partial charge is 0.422 e. The van der Waals surface area contributed by atoms with E-state index in [0.29, 0.717) is 28.3 Å². The van der Waals surface area contributed by atoms with E-state index in [2.05, 4.69) is 20.9 Å². The fourth-order valence-corrected chi connectivity index (χ4v) is 5.17. The van der Waals surface area contributed by atoms with Gasteiger partial charge in [0.25, 0.3) is 0 Å². The summed E-state index contributed by atoms with van der Waals surface area (Å²) in [5, 5.41) is 0.886. The zero-order chi connectivity index (χ0) is 20.6. The Morgan fingerprint density at radius 1 is 1.13 bits per heavy atom. The van der Waals surface area contributed by atoms with Gasteiger partial charge in [0.1, 0.15) is 5.58 Å². The molecule has 0 bridgehead atoms. The van der Waals surface area contributed by atoms with Crippen molar-refractivity contribution in [3.63, 3.8) is 0 Å². The monoisotopic (exact) mass is 401 g/mol. The molecule has 4 heterocycles. The Bertz CT molecular complexity index is 1370. The number of nitrogens with two attached hydrogens (primary N) is 1. The Balaban J connectivity index is 1.36. The second kappa shape index (κ2) is 5.92. The molecule has 1 aromatic carbocycles. The number of hydrogen-bond acceptors (Lipinski definition) is 6. The second-order valence-electron chi connectivity index (χ2n) is 9.02. The first-order chi connectivity index (χ1) is 14.4. The molecule has 3 aromatic heterocycles. The Labute approximate surface area is 173 Å². The zero-order valence-corrected chi connectivity index (χ0v) is 17.1. The van der Waals surface area contributed by atoms with Crippen LogP contribution in [0.1, 0.15) is 24.2 Å². The molecule has 0 unspecified atom stereocenters. The highest BCUT2D eigenvalue weighted by Crippen LogP contribution is 2.49. The second-order valence-corrected chi connectivity index (χ2v) is 9.02. The van der Waals surface area contributed by atoms with Crippen molar-refractivity contribution < 1.29 is 4.42 Å². The quantitative estimate of drug-likeness (QED) is 0.519. The van der Waals surface area contributed by atoms with E-state index < -0.39 is 0 Å². The van der Waals surface area contributed by atoms with Gasteiger partial charge in [0.15, 0.2) is 5.65 Å². The molecule has 0 amide bonds. The molecule has 1 saturated carbocycles. The van der Waals surface area contributed by atoms with Crippen LogP contribution in [0.15, 0.2) is 45.9 Å². The van der Waals surface area contributed by atoms with Crippen LogP contribution in [-0.2, 0) is 0 Å². The lowest BCUT2D eigenvalue weighted by Gasteiger charge is -2.59. The Hall–Kier alpha value is -3.19. The van der Waals surface area contributed by atoms with Crippen LogP contribution in [0.4, 0.5) is 5.69 Å². The van der Waals surface area contributed by atoms with Gasteiger partial charge in [-0.05, 0) is 44.9 Å². The van der Waals surface area contributed by atoms with Crippen LogP contribution in [0.3, 0.4) is 0 Å². The minimum atomic E-state index is -0.379. The highest BCUT2D eigenvalue weighted by Gasteiger charge is 2.51. The maximum Gasteiger partial charge on any atom is 0.345 e. The topological polar surface area (TPSA) is 89.7 Å². The van der Waals surface area contributed by atoms with Crippen LogP contribution in [0.2, 0.25) is 0 Å². The molecule has 0 radical (unpaired) electrons. The summed E-state index contributed by atoms with van der Waals surface area (Å²) in [6, 6.07) is 8.31. The lowest BCUT2D eigenvalue weighted by molar-refractivity contribution is 0.0665. The lowest BCUT2D eigenvalue weighted by Crippen LogP contribution is -2.65. The first-order valence-corrected chi connectivity index (χ1v) is 10.3. The standard InChI is InChI=1S/C23H23N5O2/c1-13-9-27-10-19(26-21(27)14(2)25-13)18-5-15-3-4-17(6-20(15)30-22(18)29)28-11-23(12-28)7-16(24)8-23/h3-6,9-10,16H,7-8,11-12,24H2,1-2H3. The summed E-state index contributed by atoms with van der Waals surface area (Å²) < 4.78 is 7.61. The van der Waals surface area contributed by atoms with Gasteiger partial charge in [-0.15, -0.1) is 0 Å². The minimum absolute atomic E-state index is 0.364. The van der Waals surface area contributed by atoms with Crippen molar-refractivity contribution in [2.45, 2.75) is 32.7 Å². The SMILES string of the molecule is Cc1cn2cc(-c3cc4ccc(N5CC6(CC(N)C6)C5)cc4oc3=O)nc2c(C)n1. The number of imidazole rings is 1. The van der Waals surface area contributed by atoms with E-state index in [0.717, 1.165) is 54.0 Å². The minimum Gasteiger partial charge on any atom is -0.422 e. The van der Waals surface area contributed by atoms with Crippen molar-refractivity contribution in [2.24, 2.45) is 11.1 Å². The van der Waals surface area contributed by atoms with Crippen molar-refractivity contribution in [2.75, 3.05) is 18.0 Å². The van der Waals surface area contributed by atoms with E-state index in [-0.39, 0.29) is 5.63 Å². The average molecular weight is 401 g/mol. The van der Waals surface area contributed by atoms with Crippen LogP contribution in [0.5, 0.6) is 0 Å². The summed E-state index contributed by atoms with van der Waals surface area (Å²) in [5.74, 6) is 0. The molecule has 1 saturated heterocycles. The predicted octanol–water partition coefficient (Wildman–Crippen LogP) is 3.05. The highest BCUT2D eigenvalue weighted by atomic mass is 16.4. The van der Waals surface area contributed by atoms with Gasteiger partial charge in [-0.1, -0.05) is 0 Å². The van der Waals surface area contributed by atoms with Crippen LogP contribution in [0, 0.1) is 19.3 Å². The van der Waals surface area contributed by atoms with E-state index in [9.17, 15) is 4.79 Å². The van der Waals surface area contributed by atoms with Gasteiger partial charge in [0, 0.05) is 54.1 Å². The third kappa shape index (κ3) is 2.58. The van der Waals surface area contributed by atoms with Crippen molar-refractivity contribution in [1.29, 1.82) is 0 Å². The molecule has 0 atom stereocenters. The first-order valence-electron chi connectivity index (χ1n) is 10.3. The van der Waals surface area contributed by atoms with Gasteiger partial charge in [0.05, 0.1) is 22.6 Å². The molecule has 2 aliphatic rings. The van der Waals surface area contributed by atoms with Gasteiger partial charge in [0.2, 0.25) is 0 Å². The van der Waals surface area contributed by atoms with Gasteiger partial charge in [-0.2, -0.15) is 0 Å². The summed E-state index contributed by atoms with van der Waals surface area (Å²) in [4.78, 5) is 24.2. The molecular weight excluding hydrogens is 378 g/mol. The number of aryl methyl sites for hydroxylation is 2. The van der Waals surface area contributed by atoms with Crippen molar-refractivity contribution in [3.8, 4) is 11.3 Å². The van der Waals surface area contributed by atoms with Crippen LogP contribution in [0.25, 0.3) is 27.9 Å². The molecule has 7 nitrogen and oxygen atoms in total. The number of fused-ring (bicyclic) bond motifs is 2. The van der Waals surface area contributed by atoms with Gasteiger partial charge in [-0.25, -0.2) is 9.78 Å². The third-order valence-corrected chi connectivity index (χ3v) is 6.53. The smallest absolute Gasteiger partial charge is 0.345 e. The molecule has 30 heavy (non-hydrogen) atoms. The summed E-state index contributed by atoms with van der Waals surface area (Å²) in [6.07, 6.45) is 5.99. The summed E-state index contributed by atoms with van der Waals surface area (Å²) in [7, 11) is 0. The van der Waals surface area contributed by atoms with Crippen LogP contribution < -0.4 is 16.3 Å². The molecule has 6 rings (SSSR count). The summed E-state index contributed by atoms with van der Waals surface area (Å²) >= 11 is 0. The number of anilines is 1. The Morgan fingerprint density at radius 3 is 2.70 bits per heavy atom. The van der Waals surface area contributed by atoms with E-state index >= 15 is 0 Å². The normalized spacial score (nSPS) is 18.2. The maximum atomic E-state index is 12.8.